The predicted octanol–water partition coefficient (Wildman–Crippen LogP) is 5.10. The Kier molecular flexibility index (Phi) is 3.96. The van der Waals surface area contributed by atoms with Crippen LogP contribution in [0.15, 0.2) is 60.7 Å². The lowest BCUT2D eigenvalue weighted by Gasteiger charge is -2.18. The largest absolute Gasteiger partial charge is 0.320 e. The van der Waals surface area contributed by atoms with Crippen molar-refractivity contribution < 1.29 is 0 Å². The Balaban J connectivity index is 2.18. The van der Waals surface area contributed by atoms with Crippen LogP contribution >= 0.6 is 11.6 Å². The summed E-state index contributed by atoms with van der Waals surface area (Å²) in [6.07, 6.45) is 0.982. The van der Waals surface area contributed by atoms with Gasteiger partial charge in [-0.1, -0.05) is 73.1 Å². The number of nitrogens with two attached hydrogens (primary N) is 1. The average Bonchev–Trinajstić information content (AvgIpc) is 2.55. The summed E-state index contributed by atoms with van der Waals surface area (Å²) in [7, 11) is 0. The lowest BCUT2D eigenvalue weighted by molar-refractivity contribution is 0.857. The van der Waals surface area contributed by atoms with Crippen LogP contribution in [0.4, 0.5) is 0 Å². The van der Waals surface area contributed by atoms with Crippen LogP contribution in [0.3, 0.4) is 0 Å². The molecule has 0 spiro atoms. The van der Waals surface area contributed by atoms with Crippen LogP contribution in [-0.4, -0.2) is 0 Å². The van der Waals surface area contributed by atoms with Crippen molar-refractivity contribution in [1.82, 2.24) is 0 Å². The first-order valence-corrected chi connectivity index (χ1v) is 7.60. The van der Waals surface area contributed by atoms with Crippen molar-refractivity contribution >= 4 is 22.4 Å². The SMILES string of the molecule is CCc1ccccc1C(N)c1ccc(Cl)c2ccccc12. The fourth-order valence-electron chi connectivity index (χ4n) is 2.88. The van der Waals surface area contributed by atoms with Gasteiger partial charge >= 0.3 is 0 Å². The van der Waals surface area contributed by atoms with E-state index in [1.807, 2.05) is 36.4 Å². The third-order valence-electron chi connectivity index (χ3n) is 4.01. The van der Waals surface area contributed by atoms with Crippen LogP contribution in [0, 0.1) is 0 Å². The van der Waals surface area contributed by atoms with Crippen molar-refractivity contribution in [3.05, 3.63) is 82.4 Å². The van der Waals surface area contributed by atoms with Crippen LogP contribution in [0.1, 0.15) is 29.7 Å². The molecule has 0 heterocycles. The van der Waals surface area contributed by atoms with Crippen molar-refractivity contribution in [2.24, 2.45) is 5.73 Å². The first-order chi connectivity index (χ1) is 10.2. The van der Waals surface area contributed by atoms with E-state index in [4.69, 9.17) is 17.3 Å². The first-order valence-electron chi connectivity index (χ1n) is 7.23. The van der Waals surface area contributed by atoms with Gasteiger partial charge in [0.15, 0.2) is 0 Å². The van der Waals surface area contributed by atoms with E-state index in [0.717, 1.165) is 27.8 Å². The number of aryl methyl sites for hydroxylation is 1. The van der Waals surface area contributed by atoms with E-state index in [1.54, 1.807) is 0 Å². The molecule has 3 rings (SSSR count). The molecule has 0 aliphatic heterocycles. The van der Waals surface area contributed by atoms with Gasteiger partial charge in [-0.15, -0.1) is 0 Å². The zero-order valence-electron chi connectivity index (χ0n) is 12.0. The molecule has 106 valence electrons. The monoisotopic (exact) mass is 295 g/mol. The van der Waals surface area contributed by atoms with Gasteiger partial charge in [0, 0.05) is 10.4 Å². The summed E-state index contributed by atoms with van der Waals surface area (Å²) in [6.45, 7) is 2.16. The fraction of sp³-hybridized carbons (Fsp3) is 0.158. The van der Waals surface area contributed by atoms with Crippen molar-refractivity contribution in [3.63, 3.8) is 0 Å². The summed E-state index contributed by atoms with van der Waals surface area (Å²) in [5, 5.41) is 2.95. The molecule has 3 aromatic carbocycles. The molecule has 1 atom stereocenters. The van der Waals surface area contributed by atoms with Gasteiger partial charge in [-0.3, -0.25) is 0 Å². The number of hydrogen-bond acceptors (Lipinski definition) is 1. The van der Waals surface area contributed by atoms with Gasteiger partial charge in [0.1, 0.15) is 0 Å². The van der Waals surface area contributed by atoms with Crippen LogP contribution < -0.4 is 5.73 Å². The Morgan fingerprint density at radius 3 is 2.29 bits per heavy atom. The second-order valence-electron chi connectivity index (χ2n) is 5.21. The zero-order valence-corrected chi connectivity index (χ0v) is 12.8. The molecule has 0 aliphatic carbocycles. The smallest absolute Gasteiger partial charge is 0.0560 e. The highest BCUT2D eigenvalue weighted by Crippen LogP contribution is 2.32. The van der Waals surface area contributed by atoms with Crippen molar-refractivity contribution in [1.29, 1.82) is 0 Å². The number of rotatable bonds is 3. The minimum absolute atomic E-state index is 0.136. The summed E-state index contributed by atoms with van der Waals surface area (Å²) < 4.78 is 0. The maximum absolute atomic E-state index is 6.57. The highest BCUT2D eigenvalue weighted by atomic mass is 35.5. The van der Waals surface area contributed by atoms with Gasteiger partial charge in [-0.05, 0) is 34.6 Å². The highest BCUT2D eigenvalue weighted by Gasteiger charge is 2.15. The van der Waals surface area contributed by atoms with Crippen molar-refractivity contribution in [3.8, 4) is 0 Å². The molecular formula is C19H18ClN. The topological polar surface area (TPSA) is 26.0 Å². The molecule has 0 aliphatic rings. The molecular weight excluding hydrogens is 278 g/mol. The molecule has 1 nitrogen and oxygen atoms in total. The number of halogens is 1. The van der Waals surface area contributed by atoms with Crippen LogP contribution in [0.5, 0.6) is 0 Å². The van der Waals surface area contributed by atoms with E-state index in [1.165, 1.54) is 11.1 Å². The summed E-state index contributed by atoms with van der Waals surface area (Å²) in [6, 6.07) is 20.4. The lowest BCUT2D eigenvalue weighted by Crippen LogP contribution is -2.14. The van der Waals surface area contributed by atoms with E-state index in [-0.39, 0.29) is 6.04 Å². The van der Waals surface area contributed by atoms with Crippen LogP contribution in [0.2, 0.25) is 5.02 Å². The predicted molar refractivity (Wildman–Crippen MR) is 90.8 cm³/mol. The van der Waals surface area contributed by atoms with Crippen LogP contribution in [0.25, 0.3) is 10.8 Å². The van der Waals surface area contributed by atoms with Crippen molar-refractivity contribution in [2.45, 2.75) is 19.4 Å². The maximum atomic E-state index is 6.57. The first kappa shape index (κ1) is 14.1. The van der Waals surface area contributed by atoms with Gasteiger partial charge in [0.25, 0.3) is 0 Å². The summed E-state index contributed by atoms with van der Waals surface area (Å²) >= 11 is 6.30. The number of benzene rings is 3. The molecule has 21 heavy (non-hydrogen) atoms. The molecule has 0 aromatic heterocycles. The van der Waals surface area contributed by atoms with Gasteiger partial charge < -0.3 is 5.73 Å². The maximum Gasteiger partial charge on any atom is 0.0560 e. The Morgan fingerprint density at radius 1 is 0.857 bits per heavy atom. The Labute approximate surface area is 130 Å². The second kappa shape index (κ2) is 5.88. The molecule has 0 bridgehead atoms. The molecule has 3 aromatic rings. The second-order valence-corrected chi connectivity index (χ2v) is 5.62. The van der Waals surface area contributed by atoms with Crippen molar-refractivity contribution in [2.75, 3.05) is 0 Å². The fourth-order valence-corrected chi connectivity index (χ4v) is 3.11. The van der Waals surface area contributed by atoms with Gasteiger partial charge in [-0.2, -0.15) is 0 Å². The molecule has 2 N–H and O–H groups in total. The van der Waals surface area contributed by atoms with Gasteiger partial charge in [-0.25, -0.2) is 0 Å². The molecule has 1 unspecified atom stereocenters. The summed E-state index contributed by atoms with van der Waals surface area (Å²) in [5.74, 6) is 0. The molecule has 0 saturated heterocycles. The van der Waals surface area contributed by atoms with E-state index in [0.29, 0.717) is 0 Å². The van der Waals surface area contributed by atoms with Gasteiger partial charge in [0.05, 0.1) is 6.04 Å². The zero-order chi connectivity index (χ0) is 14.8. The average molecular weight is 296 g/mol. The number of hydrogen-bond donors (Lipinski definition) is 1. The summed E-state index contributed by atoms with van der Waals surface area (Å²) in [5.41, 5.74) is 10.2. The minimum Gasteiger partial charge on any atom is -0.320 e. The highest BCUT2D eigenvalue weighted by molar-refractivity contribution is 6.35. The molecule has 0 radical (unpaired) electrons. The number of fused-ring (bicyclic) bond motifs is 1. The molecule has 0 fully saturated rings. The third-order valence-corrected chi connectivity index (χ3v) is 4.34. The molecule has 0 saturated carbocycles. The quantitative estimate of drug-likeness (QED) is 0.714. The molecule has 0 amide bonds. The van der Waals surface area contributed by atoms with E-state index >= 15 is 0 Å². The Hall–Kier alpha value is -1.83. The van der Waals surface area contributed by atoms with E-state index in [2.05, 4.69) is 31.2 Å². The van der Waals surface area contributed by atoms with E-state index in [9.17, 15) is 0 Å². The summed E-state index contributed by atoms with van der Waals surface area (Å²) in [4.78, 5) is 0. The van der Waals surface area contributed by atoms with E-state index < -0.39 is 0 Å². The standard InChI is InChI=1S/C19H18ClN/c1-2-13-7-3-4-8-14(13)19(21)17-11-12-18(20)16-10-6-5-9-15(16)17/h3-12,19H,2,21H2,1H3. The minimum atomic E-state index is -0.136. The Morgan fingerprint density at radius 2 is 1.52 bits per heavy atom. The van der Waals surface area contributed by atoms with Gasteiger partial charge in [0.2, 0.25) is 0 Å². The van der Waals surface area contributed by atoms with Crippen LogP contribution in [-0.2, 0) is 6.42 Å². The molecule has 2 heteroatoms. The lowest BCUT2D eigenvalue weighted by atomic mass is 9.91. The normalized spacial score (nSPS) is 12.5. The third kappa shape index (κ3) is 2.55. The Bertz CT molecular complexity index is 779.